The number of benzene rings is 1. The summed E-state index contributed by atoms with van der Waals surface area (Å²) in [6.07, 6.45) is -3.19. The highest BCUT2D eigenvalue weighted by molar-refractivity contribution is 7.14. The Balaban J connectivity index is 1.46. The van der Waals surface area contributed by atoms with Crippen LogP contribution in [0.1, 0.15) is 24.3 Å². The molecular formula is C23H26F4N6OS. The van der Waals surface area contributed by atoms with Crippen LogP contribution >= 0.6 is 11.3 Å². The number of nitrogens with zero attached hydrogens (tertiary/aromatic N) is 4. The molecule has 0 radical (unpaired) electrons. The molecule has 0 bridgehead atoms. The SMILES string of the molecule is CN1CCC(Nc2cccc3c2cc(-c2nnc(CNC(=O)C4CC4)s2)n3CC(F)(F)F)[C@H](F)C1. The van der Waals surface area contributed by atoms with Crippen molar-refractivity contribution in [3.05, 3.63) is 29.3 Å². The number of aromatic nitrogens is 3. The molecule has 35 heavy (non-hydrogen) atoms. The standard InChI is InChI=1S/C23H26F4N6OS/c1-32-8-7-17(15(24)11-32)29-16-3-2-4-18-14(16)9-19(33(18)12-23(25,26)27)22-31-30-20(35-22)10-28-21(34)13-5-6-13/h2-4,9,13,15,17,29H,5-8,10-12H2,1H3,(H,28,34)/t15-,17?/m1/s1. The van der Waals surface area contributed by atoms with Gasteiger partial charge in [0.1, 0.15) is 17.7 Å². The van der Waals surface area contributed by atoms with Crippen molar-refractivity contribution in [2.45, 2.75) is 50.7 Å². The molecule has 2 fully saturated rings. The van der Waals surface area contributed by atoms with Gasteiger partial charge in [-0.3, -0.25) is 4.79 Å². The maximum Gasteiger partial charge on any atom is 0.406 e. The molecule has 2 aliphatic rings. The second-order valence-electron chi connectivity index (χ2n) is 9.28. The second-order valence-corrected chi connectivity index (χ2v) is 10.3. The topological polar surface area (TPSA) is 75.1 Å². The maximum atomic E-state index is 14.6. The Morgan fingerprint density at radius 1 is 1.23 bits per heavy atom. The van der Waals surface area contributed by atoms with Crippen molar-refractivity contribution in [3.8, 4) is 10.7 Å². The molecule has 1 saturated heterocycles. The molecule has 1 unspecified atom stereocenters. The third-order valence-corrected chi connectivity index (χ3v) is 7.36. The van der Waals surface area contributed by atoms with Crippen LogP contribution in [-0.4, -0.2) is 64.1 Å². The summed E-state index contributed by atoms with van der Waals surface area (Å²) in [6, 6.07) is 6.28. The average Bonchev–Trinajstić information content (AvgIpc) is 3.44. The Bertz CT molecular complexity index is 1220. The smallest absolute Gasteiger partial charge is 0.379 e. The Morgan fingerprint density at radius 3 is 2.74 bits per heavy atom. The normalized spacial score (nSPS) is 21.4. The largest absolute Gasteiger partial charge is 0.406 e. The van der Waals surface area contributed by atoms with Crippen LogP contribution in [0.5, 0.6) is 0 Å². The molecule has 1 saturated carbocycles. The number of hydrogen-bond donors (Lipinski definition) is 2. The molecule has 3 aromatic rings. The number of amides is 1. The molecule has 1 aromatic carbocycles. The Labute approximate surface area is 203 Å². The van der Waals surface area contributed by atoms with E-state index in [1.54, 1.807) is 24.3 Å². The first-order valence-corrected chi connectivity index (χ1v) is 12.4. The van der Waals surface area contributed by atoms with Crippen molar-refractivity contribution in [1.29, 1.82) is 0 Å². The van der Waals surface area contributed by atoms with Gasteiger partial charge in [-0.05, 0) is 44.5 Å². The van der Waals surface area contributed by atoms with Crippen molar-refractivity contribution in [2.75, 3.05) is 25.5 Å². The van der Waals surface area contributed by atoms with Gasteiger partial charge in [-0.1, -0.05) is 17.4 Å². The number of rotatable bonds is 7. The zero-order chi connectivity index (χ0) is 24.7. The number of carbonyl (C=O) groups is 1. The van der Waals surface area contributed by atoms with Crippen LogP contribution in [0.2, 0.25) is 0 Å². The van der Waals surface area contributed by atoms with Gasteiger partial charge in [0.2, 0.25) is 5.91 Å². The summed E-state index contributed by atoms with van der Waals surface area (Å²) in [7, 11) is 1.86. The monoisotopic (exact) mass is 510 g/mol. The molecule has 2 aromatic heterocycles. The summed E-state index contributed by atoms with van der Waals surface area (Å²) in [5.74, 6) is 0.0137. The lowest BCUT2D eigenvalue weighted by Crippen LogP contribution is -2.46. The molecule has 1 aliphatic carbocycles. The van der Waals surface area contributed by atoms with Gasteiger partial charge < -0.3 is 20.1 Å². The number of fused-ring (bicyclic) bond motifs is 1. The number of piperidine rings is 1. The molecule has 1 amide bonds. The zero-order valence-electron chi connectivity index (χ0n) is 19.1. The summed E-state index contributed by atoms with van der Waals surface area (Å²) >= 11 is 1.15. The van der Waals surface area contributed by atoms with E-state index in [0.29, 0.717) is 39.6 Å². The third-order valence-electron chi connectivity index (χ3n) is 6.42. The van der Waals surface area contributed by atoms with E-state index in [4.69, 9.17) is 0 Å². The van der Waals surface area contributed by atoms with Gasteiger partial charge in [0.25, 0.3) is 0 Å². The van der Waals surface area contributed by atoms with Crippen LogP contribution in [0, 0.1) is 5.92 Å². The van der Waals surface area contributed by atoms with E-state index < -0.39 is 24.9 Å². The molecule has 0 spiro atoms. The third kappa shape index (κ3) is 5.43. The number of likely N-dealkylation sites (tertiary alicyclic amines) is 1. The molecule has 12 heteroatoms. The number of halogens is 4. The predicted molar refractivity (Wildman–Crippen MR) is 126 cm³/mol. The quantitative estimate of drug-likeness (QED) is 0.466. The molecule has 188 valence electrons. The number of anilines is 1. The van der Waals surface area contributed by atoms with Crippen molar-refractivity contribution >= 4 is 33.8 Å². The summed E-state index contributed by atoms with van der Waals surface area (Å²) in [5, 5.41) is 15.6. The van der Waals surface area contributed by atoms with E-state index in [1.807, 2.05) is 11.9 Å². The minimum atomic E-state index is -4.45. The first kappa shape index (κ1) is 24.0. The highest BCUT2D eigenvalue weighted by atomic mass is 32.1. The summed E-state index contributed by atoms with van der Waals surface area (Å²) in [5.41, 5.74) is 1.25. The number of carbonyl (C=O) groups excluding carboxylic acids is 1. The lowest BCUT2D eigenvalue weighted by Gasteiger charge is -2.33. The molecular weight excluding hydrogens is 484 g/mol. The van der Waals surface area contributed by atoms with E-state index in [2.05, 4.69) is 20.8 Å². The fraction of sp³-hybridized carbons (Fsp3) is 0.522. The fourth-order valence-corrected chi connectivity index (χ4v) is 5.24. The number of hydrogen-bond acceptors (Lipinski definition) is 6. The van der Waals surface area contributed by atoms with E-state index in [9.17, 15) is 22.4 Å². The molecule has 5 rings (SSSR count). The van der Waals surface area contributed by atoms with E-state index in [1.165, 1.54) is 4.57 Å². The molecule has 3 heterocycles. The lowest BCUT2D eigenvalue weighted by molar-refractivity contribution is -0.139. The van der Waals surface area contributed by atoms with E-state index in [0.717, 1.165) is 30.7 Å². The average molecular weight is 511 g/mol. The van der Waals surface area contributed by atoms with Gasteiger partial charge in [0.05, 0.1) is 23.8 Å². The molecule has 2 atom stereocenters. The first-order valence-electron chi connectivity index (χ1n) is 11.6. The summed E-state index contributed by atoms with van der Waals surface area (Å²) in [6.45, 7) is 0.0357. The minimum Gasteiger partial charge on any atom is -0.379 e. The van der Waals surface area contributed by atoms with Crippen LogP contribution in [0.15, 0.2) is 24.3 Å². The van der Waals surface area contributed by atoms with Crippen LogP contribution in [-0.2, 0) is 17.9 Å². The number of alkyl halides is 4. The van der Waals surface area contributed by atoms with Crippen molar-refractivity contribution in [1.82, 2.24) is 25.0 Å². The van der Waals surface area contributed by atoms with Gasteiger partial charge in [0.15, 0.2) is 5.01 Å². The van der Waals surface area contributed by atoms with Crippen molar-refractivity contribution in [3.63, 3.8) is 0 Å². The van der Waals surface area contributed by atoms with Gasteiger partial charge >= 0.3 is 6.18 Å². The van der Waals surface area contributed by atoms with Crippen molar-refractivity contribution < 1.29 is 22.4 Å². The Hall–Kier alpha value is -2.73. The van der Waals surface area contributed by atoms with Gasteiger partial charge in [-0.2, -0.15) is 13.2 Å². The van der Waals surface area contributed by atoms with Crippen LogP contribution in [0.25, 0.3) is 21.6 Å². The lowest BCUT2D eigenvalue weighted by atomic mass is 10.0. The van der Waals surface area contributed by atoms with Crippen molar-refractivity contribution in [2.24, 2.45) is 5.92 Å². The highest BCUT2D eigenvalue weighted by Gasteiger charge is 2.32. The molecule has 2 N–H and O–H groups in total. The Kier molecular flexibility index (Phi) is 6.43. The predicted octanol–water partition coefficient (Wildman–Crippen LogP) is 4.20. The van der Waals surface area contributed by atoms with Gasteiger partial charge in [-0.25, -0.2) is 4.39 Å². The maximum absolute atomic E-state index is 14.6. The van der Waals surface area contributed by atoms with Crippen LogP contribution < -0.4 is 10.6 Å². The van der Waals surface area contributed by atoms with E-state index in [-0.39, 0.29) is 24.1 Å². The van der Waals surface area contributed by atoms with E-state index >= 15 is 0 Å². The van der Waals surface area contributed by atoms with Gasteiger partial charge in [-0.15, -0.1) is 10.2 Å². The molecule has 7 nitrogen and oxygen atoms in total. The van der Waals surface area contributed by atoms with Gasteiger partial charge in [0, 0.05) is 30.1 Å². The summed E-state index contributed by atoms with van der Waals surface area (Å²) < 4.78 is 56.4. The first-order chi connectivity index (χ1) is 16.7. The number of nitrogens with one attached hydrogen (secondary N) is 2. The summed E-state index contributed by atoms with van der Waals surface area (Å²) in [4.78, 5) is 13.8. The van der Waals surface area contributed by atoms with Crippen LogP contribution in [0.4, 0.5) is 23.2 Å². The molecule has 1 aliphatic heterocycles. The highest BCUT2D eigenvalue weighted by Crippen LogP contribution is 2.37. The fourth-order valence-electron chi connectivity index (χ4n) is 4.44. The zero-order valence-corrected chi connectivity index (χ0v) is 19.9. The minimum absolute atomic E-state index is 0.0382. The second kappa shape index (κ2) is 9.38. The Morgan fingerprint density at radius 2 is 2.03 bits per heavy atom. The van der Waals surface area contributed by atoms with Crippen LogP contribution in [0.3, 0.4) is 0 Å².